The lowest BCUT2D eigenvalue weighted by molar-refractivity contribution is -0.137. The highest BCUT2D eigenvalue weighted by Crippen LogP contribution is 2.30. The summed E-state index contributed by atoms with van der Waals surface area (Å²) in [5, 5.41) is 7.21. The number of ketones is 1. The number of hydrogen-bond donors (Lipinski definition) is 2. The number of carbonyl (C=O) groups is 2. The lowest BCUT2D eigenvalue weighted by Crippen LogP contribution is -2.36. The van der Waals surface area contributed by atoms with Crippen LogP contribution in [0.1, 0.15) is 46.0 Å². The topological polar surface area (TPSA) is 67.4 Å². The van der Waals surface area contributed by atoms with E-state index in [-0.39, 0.29) is 16.9 Å². The molecule has 4 aromatic rings. The monoisotopic (exact) mass is 564 g/mol. The molecule has 4 rings (SSSR count). The zero-order valence-electron chi connectivity index (χ0n) is 21.7. The van der Waals surface area contributed by atoms with E-state index in [1.807, 2.05) is 13.0 Å². The molecular weight excluding hydrogens is 537 g/mol. The van der Waals surface area contributed by atoms with Gasteiger partial charge in [-0.15, -0.1) is 0 Å². The molecule has 0 aliphatic carbocycles. The van der Waals surface area contributed by atoms with E-state index in [4.69, 9.17) is 17.0 Å². The Kier molecular flexibility index (Phi) is 9.16. The summed E-state index contributed by atoms with van der Waals surface area (Å²) in [6.45, 7) is 2.86. The first-order chi connectivity index (χ1) is 19.2. The van der Waals surface area contributed by atoms with Crippen molar-refractivity contribution in [3.8, 4) is 5.75 Å². The average Bonchev–Trinajstić information content (AvgIpc) is 2.95. The van der Waals surface area contributed by atoms with E-state index in [0.717, 1.165) is 34.9 Å². The zero-order valence-corrected chi connectivity index (χ0v) is 22.5. The molecule has 0 spiro atoms. The minimum Gasteiger partial charge on any atom is -0.445 e. The summed E-state index contributed by atoms with van der Waals surface area (Å²) in [6.07, 6.45) is -3.18. The number of nitrogens with one attached hydrogen (secondary N) is 2. The molecule has 0 aliphatic rings. The maximum atomic E-state index is 13.2. The van der Waals surface area contributed by atoms with E-state index in [9.17, 15) is 22.8 Å². The largest absolute Gasteiger partial charge is 0.445 e. The van der Waals surface area contributed by atoms with Crippen LogP contribution in [0.5, 0.6) is 5.75 Å². The molecule has 206 valence electrons. The van der Waals surface area contributed by atoms with E-state index in [1.54, 1.807) is 54.6 Å². The molecule has 40 heavy (non-hydrogen) atoms. The minimum atomic E-state index is -4.44. The fourth-order valence-corrected chi connectivity index (χ4v) is 4.38. The van der Waals surface area contributed by atoms with Gasteiger partial charge in [0.2, 0.25) is 0 Å². The number of fused-ring (bicyclic) bond motifs is 1. The molecule has 0 unspecified atom stereocenters. The zero-order chi connectivity index (χ0) is 28.7. The van der Waals surface area contributed by atoms with Crippen molar-refractivity contribution in [1.82, 2.24) is 10.6 Å². The van der Waals surface area contributed by atoms with Crippen LogP contribution in [0.25, 0.3) is 10.8 Å². The van der Waals surface area contributed by atoms with Gasteiger partial charge in [-0.25, -0.2) is 4.79 Å². The molecule has 2 amide bonds. The molecule has 0 aliphatic heterocycles. The Balaban J connectivity index is 1.61. The van der Waals surface area contributed by atoms with Crippen molar-refractivity contribution >= 4 is 39.9 Å². The van der Waals surface area contributed by atoms with Crippen LogP contribution >= 0.6 is 12.2 Å². The SMILES string of the molecule is CCCNC(=O)NCCc1cc(C(=O)c2ccccc2)cc2ccc(OC(=S)c3ccc(C(F)(F)F)cc3)cc12. The second-order valence-corrected chi connectivity index (χ2v) is 9.48. The van der Waals surface area contributed by atoms with Crippen molar-refractivity contribution < 1.29 is 27.5 Å². The summed E-state index contributed by atoms with van der Waals surface area (Å²) < 4.78 is 44.5. The van der Waals surface area contributed by atoms with Crippen LogP contribution in [0.4, 0.5) is 18.0 Å². The molecule has 0 saturated carbocycles. The number of thiocarbonyl (C=S) groups is 1. The third kappa shape index (κ3) is 7.24. The molecule has 4 aromatic carbocycles. The molecule has 0 saturated heterocycles. The molecular formula is C31H27F3N2O3S. The number of ether oxygens (including phenoxy) is 1. The van der Waals surface area contributed by atoms with Gasteiger partial charge in [0, 0.05) is 29.8 Å². The Morgan fingerprint density at radius 3 is 2.20 bits per heavy atom. The Labute approximate surface area is 235 Å². The highest BCUT2D eigenvalue weighted by atomic mass is 32.1. The van der Waals surface area contributed by atoms with E-state index in [1.165, 1.54) is 12.1 Å². The summed E-state index contributed by atoms with van der Waals surface area (Å²) in [7, 11) is 0. The van der Waals surface area contributed by atoms with Gasteiger partial charge in [-0.1, -0.05) is 43.3 Å². The van der Waals surface area contributed by atoms with Crippen LogP contribution in [0, 0.1) is 0 Å². The van der Waals surface area contributed by atoms with Gasteiger partial charge in [-0.3, -0.25) is 4.79 Å². The summed E-state index contributed by atoms with van der Waals surface area (Å²) in [5.41, 5.74) is 1.46. The fraction of sp³-hybridized carbons (Fsp3) is 0.194. The van der Waals surface area contributed by atoms with Gasteiger partial charge >= 0.3 is 12.2 Å². The summed E-state index contributed by atoms with van der Waals surface area (Å²) in [6, 6.07) is 22.0. The van der Waals surface area contributed by atoms with Crippen molar-refractivity contribution in [1.29, 1.82) is 0 Å². The van der Waals surface area contributed by atoms with Gasteiger partial charge in [-0.2, -0.15) is 13.2 Å². The first kappa shape index (κ1) is 28.8. The number of rotatable bonds is 9. The smallest absolute Gasteiger partial charge is 0.416 e. The molecule has 9 heteroatoms. The third-order valence-electron chi connectivity index (χ3n) is 6.18. The standard InChI is InChI=1S/C31H27F3N2O3S/c1-2-15-35-30(38)36-16-14-23-18-24(28(37)20-6-4-3-5-7-20)17-22-10-13-26(19-27(22)23)39-29(40)21-8-11-25(12-9-21)31(32,33)34/h3-13,17-19H,2,14-16H2,1H3,(H2,35,36,38). The predicted octanol–water partition coefficient (Wildman–Crippen LogP) is 7.10. The van der Waals surface area contributed by atoms with Crippen molar-refractivity contribution in [3.63, 3.8) is 0 Å². The Morgan fingerprint density at radius 1 is 0.825 bits per heavy atom. The van der Waals surface area contributed by atoms with Gasteiger partial charge in [0.25, 0.3) is 0 Å². The Hall–Kier alpha value is -4.24. The van der Waals surface area contributed by atoms with E-state index in [0.29, 0.717) is 42.0 Å². The Morgan fingerprint density at radius 2 is 1.52 bits per heavy atom. The quantitative estimate of drug-likeness (QED) is 0.168. The van der Waals surface area contributed by atoms with Crippen molar-refractivity contribution in [2.45, 2.75) is 25.9 Å². The molecule has 0 bridgehead atoms. The van der Waals surface area contributed by atoms with Crippen molar-refractivity contribution in [3.05, 3.63) is 113 Å². The number of alkyl halides is 3. The maximum Gasteiger partial charge on any atom is 0.416 e. The van der Waals surface area contributed by atoms with Crippen molar-refractivity contribution in [2.24, 2.45) is 0 Å². The number of urea groups is 1. The van der Waals surface area contributed by atoms with E-state index < -0.39 is 11.7 Å². The van der Waals surface area contributed by atoms with Crippen LogP contribution in [0.15, 0.2) is 84.9 Å². The minimum absolute atomic E-state index is 0.0276. The lowest BCUT2D eigenvalue weighted by Gasteiger charge is -2.14. The maximum absolute atomic E-state index is 13.2. The normalized spacial score (nSPS) is 11.2. The summed E-state index contributed by atoms with van der Waals surface area (Å²) in [4.78, 5) is 25.2. The van der Waals surface area contributed by atoms with Crippen LogP contribution < -0.4 is 15.4 Å². The molecule has 0 fully saturated rings. The third-order valence-corrected chi connectivity index (χ3v) is 6.50. The Bertz CT molecular complexity index is 1520. The second kappa shape index (κ2) is 12.7. The molecule has 0 heterocycles. The first-order valence-electron chi connectivity index (χ1n) is 12.7. The highest BCUT2D eigenvalue weighted by Gasteiger charge is 2.30. The van der Waals surface area contributed by atoms with Gasteiger partial charge in [-0.05, 0) is 89.9 Å². The molecule has 0 aromatic heterocycles. The number of benzene rings is 4. The van der Waals surface area contributed by atoms with E-state index >= 15 is 0 Å². The number of hydrogen-bond acceptors (Lipinski definition) is 4. The second-order valence-electron chi connectivity index (χ2n) is 9.11. The molecule has 5 nitrogen and oxygen atoms in total. The van der Waals surface area contributed by atoms with Crippen LogP contribution in [-0.2, 0) is 12.6 Å². The number of amides is 2. The first-order valence-corrected chi connectivity index (χ1v) is 13.1. The molecule has 0 radical (unpaired) electrons. The van der Waals surface area contributed by atoms with Gasteiger partial charge < -0.3 is 15.4 Å². The summed E-state index contributed by atoms with van der Waals surface area (Å²) >= 11 is 5.33. The predicted molar refractivity (Wildman–Crippen MR) is 153 cm³/mol. The molecule has 0 atom stereocenters. The van der Waals surface area contributed by atoms with Crippen LogP contribution in [-0.4, -0.2) is 30.0 Å². The average molecular weight is 565 g/mol. The van der Waals surface area contributed by atoms with Gasteiger partial charge in [0.15, 0.2) is 10.8 Å². The van der Waals surface area contributed by atoms with Crippen molar-refractivity contribution in [2.75, 3.05) is 13.1 Å². The number of carbonyl (C=O) groups excluding carboxylic acids is 2. The van der Waals surface area contributed by atoms with Crippen LogP contribution in [0.3, 0.4) is 0 Å². The fourth-order valence-electron chi connectivity index (χ4n) is 4.14. The van der Waals surface area contributed by atoms with Gasteiger partial charge in [0.05, 0.1) is 5.56 Å². The van der Waals surface area contributed by atoms with E-state index in [2.05, 4.69) is 10.6 Å². The number of halogens is 3. The molecule has 2 N–H and O–H groups in total. The van der Waals surface area contributed by atoms with Gasteiger partial charge in [0.1, 0.15) is 5.75 Å². The highest BCUT2D eigenvalue weighted by molar-refractivity contribution is 7.80. The summed E-state index contributed by atoms with van der Waals surface area (Å²) in [5.74, 6) is 0.274. The lowest BCUT2D eigenvalue weighted by atomic mass is 9.94. The van der Waals surface area contributed by atoms with Crippen LogP contribution in [0.2, 0.25) is 0 Å².